The lowest BCUT2D eigenvalue weighted by molar-refractivity contribution is -0.141. The average Bonchev–Trinajstić information content (AvgIpc) is 2.96. The van der Waals surface area contributed by atoms with E-state index in [0.29, 0.717) is 6.61 Å². The van der Waals surface area contributed by atoms with E-state index in [4.69, 9.17) is 16.3 Å². The van der Waals surface area contributed by atoms with Gasteiger partial charge in [-0.25, -0.2) is 0 Å². The smallest absolute Gasteiger partial charge is 0.376 e. The second kappa shape index (κ2) is 5.84. The fourth-order valence-corrected chi connectivity index (χ4v) is 2.64. The number of hydrogen-bond donors (Lipinski definition) is 1. The first-order chi connectivity index (χ1) is 9.71. The first-order valence-electron chi connectivity index (χ1n) is 6.44. The van der Waals surface area contributed by atoms with E-state index in [9.17, 15) is 18.0 Å². The minimum atomic E-state index is -4.70. The molecule has 1 aromatic heterocycles. The topological polar surface area (TPSA) is 56.2 Å². The lowest BCUT2D eigenvalue weighted by Gasteiger charge is -2.20. The number of aromatic nitrogens is 2. The molecule has 1 aliphatic rings. The molecule has 2 rings (SSSR count). The Kier molecular flexibility index (Phi) is 4.48. The van der Waals surface area contributed by atoms with Gasteiger partial charge in [-0.1, -0.05) is 11.6 Å². The van der Waals surface area contributed by atoms with Crippen LogP contribution in [-0.4, -0.2) is 34.4 Å². The van der Waals surface area contributed by atoms with Crippen LogP contribution in [0.1, 0.15) is 35.9 Å². The van der Waals surface area contributed by atoms with Crippen molar-refractivity contribution in [1.82, 2.24) is 15.1 Å². The molecule has 1 amide bonds. The van der Waals surface area contributed by atoms with Crippen LogP contribution >= 0.6 is 11.6 Å². The molecule has 21 heavy (non-hydrogen) atoms. The summed E-state index contributed by atoms with van der Waals surface area (Å²) in [5.74, 6) is -0.700. The Bertz CT molecular complexity index is 539. The average molecular weight is 326 g/mol. The number of amides is 1. The third-order valence-corrected chi connectivity index (χ3v) is 3.71. The molecule has 1 fully saturated rings. The van der Waals surface area contributed by atoms with E-state index in [1.165, 1.54) is 7.05 Å². The number of hydrogen-bond acceptors (Lipinski definition) is 3. The molecule has 2 unspecified atom stereocenters. The summed E-state index contributed by atoms with van der Waals surface area (Å²) in [6.07, 6.45) is -3.14. The van der Waals surface area contributed by atoms with E-state index in [-0.39, 0.29) is 17.8 Å². The number of carbonyl (C=O) groups excluding carboxylic acids is 1. The summed E-state index contributed by atoms with van der Waals surface area (Å²) in [5, 5.41) is 5.19. The molecular formula is C12H15ClF3N3O2. The first kappa shape index (κ1) is 16.1. The van der Waals surface area contributed by atoms with Crippen molar-refractivity contribution in [3.8, 4) is 0 Å². The number of aryl methyl sites for hydroxylation is 1. The normalized spacial score (nSPS) is 20.6. The molecule has 1 aromatic rings. The second-order valence-electron chi connectivity index (χ2n) is 4.95. The number of ether oxygens (including phenoxy) is 1. The molecule has 5 nitrogen and oxygen atoms in total. The summed E-state index contributed by atoms with van der Waals surface area (Å²) >= 11 is 5.66. The molecule has 1 N–H and O–H groups in total. The van der Waals surface area contributed by atoms with Crippen LogP contribution in [0.4, 0.5) is 13.2 Å². The van der Waals surface area contributed by atoms with Crippen LogP contribution < -0.4 is 5.32 Å². The lowest BCUT2D eigenvalue weighted by Crippen LogP contribution is -2.41. The van der Waals surface area contributed by atoms with Gasteiger partial charge in [0.2, 0.25) is 0 Å². The summed E-state index contributed by atoms with van der Waals surface area (Å²) in [6, 6.07) is -0.319. The zero-order valence-electron chi connectivity index (χ0n) is 11.5. The molecule has 0 aliphatic carbocycles. The Hall–Kier alpha value is -1.28. The summed E-state index contributed by atoms with van der Waals surface area (Å²) < 4.78 is 44.4. The first-order valence-corrected chi connectivity index (χ1v) is 6.81. The number of rotatable bonds is 3. The van der Waals surface area contributed by atoms with Crippen molar-refractivity contribution in [2.45, 2.75) is 38.1 Å². The van der Waals surface area contributed by atoms with Gasteiger partial charge in [-0.2, -0.15) is 18.3 Å². The molecule has 2 atom stereocenters. The monoisotopic (exact) mass is 325 g/mol. The van der Waals surface area contributed by atoms with Crippen molar-refractivity contribution < 1.29 is 22.7 Å². The molecule has 118 valence electrons. The highest BCUT2D eigenvalue weighted by Gasteiger charge is 2.40. The highest BCUT2D eigenvalue weighted by Crippen LogP contribution is 2.35. The number of halogens is 4. The van der Waals surface area contributed by atoms with E-state index in [2.05, 4.69) is 10.4 Å². The van der Waals surface area contributed by atoms with Crippen molar-refractivity contribution in [3.63, 3.8) is 0 Å². The lowest BCUT2D eigenvalue weighted by atomic mass is 10.1. The minimum Gasteiger partial charge on any atom is -0.376 e. The third-order valence-electron chi connectivity index (χ3n) is 3.35. The molecule has 0 bridgehead atoms. The minimum absolute atomic E-state index is 0.136. The van der Waals surface area contributed by atoms with Crippen molar-refractivity contribution in [3.05, 3.63) is 16.4 Å². The van der Waals surface area contributed by atoms with E-state index in [1.54, 1.807) is 6.92 Å². The predicted molar refractivity (Wildman–Crippen MR) is 69.1 cm³/mol. The van der Waals surface area contributed by atoms with Gasteiger partial charge in [0, 0.05) is 13.7 Å². The molecule has 1 aliphatic heterocycles. The van der Waals surface area contributed by atoms with Gasteiger partial charge in [0.1, 0.15) is 10.7 Å². The van der Waals surface area contributed by atoms with Crippen molar-refractivity contribution in [1.29, 1.82) is 0 Å². The maximum absolute atomic E-state index is 12.7. The summed E-state index contributed by atoms with van der Waals surface area (Å²) in [7, 11) is 1.24. The predicted octanol–water partition coefficient (Wildman–Crippen LogP) is 2.39. The Morgan fingerprint density at radius 3 is 2.71 bits per heavy atom. The van der Waals surface area contributed by atoms with Crippen LogP contribution in [0.2, 0.25) is 5.02 Å². The second-order valence-corrected chi connectivity index (χ2v) is 5.32. The Morgan fingerprint density at radius 1 is 1.57 bits per heavy atom. The maximum atomic E-state index is 12.7. The molecule has 1 saturated heterocycles. The van der Waals surface area contributed by atoms with Crippen LogP contribution in [-0.2, 0) is 18.0 Å². The summed E-state index contributed by atoms with van der Waals surface area (Å²) in [5.41, 5.74) is -1.57. The Balaban J connectivity index is 2.17. The van der Waals surface area contributed by atoms with Crippen LogP contribution in [0.3, 0.4) is 0 Å². The molecule has 0 aromatic carbocycles. The zero-order valence-corrected chi connectivity index (χ0v) is 12.3. The van der Waals surface area contributed by atoms with E-state index >= 15 is 0 Å². The fourth-order valence-electron chi connectivity index (χ4n) is 2.29. The quantitative estimate of drug-likeness (QED) is 0.928. The molecule has 2 heterocycles. The SMILES string of the molecule is CC(NC(=O)c1c(Cl)c(C(F)(F)F)nn1C)C1CCCO1. The van der Waals surface area contributed by atoms with Gasteiger partial charge in [0.25, 0.3) is 5.91 Å². The third kappa shape index (κ3) is 3.32. The van der Waals surface area contributed by atoms with Gasteiger partial charge in [0.05, 0.1) is 12.1 Å². The molecule has 0 spiro atoms. The molecule has 9 heteroatoms. The van der Waals surface area contributed by atoms with Crippen molar-refractivity contribution >= 4 is 17.5 Å². The number of carbonyl (C=O) groups is 1. The van der Waals surface area contributed by atoms with Gasteiger partial charge in [-0.05, 0) is 19.8 Å². The fraction of sp³-hybridized carbons (Fsp3) is 0.667. The Labute approximate surface area is 124 Å². The standard InChI is InChI=1S/C12H15ClF3N3O2/c1-6(7-4-3-5-21-7)17-11(20)9-8(13)10(12(14,15)16)18-19(9)2/h6-7H,3-5H2,1-2H3,(H,17,20). The molecule has 0 saturated carbocycles. The van der Waals surface area contributed by atoms with Crippen LogP contribution in [0.15, 0.2) is 0 Å². The van der Waals surface area contributed by atoms with Crippen LogP contribution in [0.5, 0.6) is 0 Å². The van der Waals surface area contributed by atoms with E-state index < -0.39 is 22.8 Å². The van der Waals surface area contributed by atoms with Crippen LogP contribution in [0, 0.1) is 0 Å². The summed E-state index contributed by atoms with van der Waals surface area (Å²) in [6.45, 7) is 2.36. The number of nitrogens with zero attached hydrogens (tertiary/aromatic N) is 2. The summed E-state index contributed by atoms with van der Waals surface area (Å²) in [4.78, 5) is 12.1. The Morgan fingerprint density at radius 2 is 2.24 bits per heavy atom. The van der Waals surface area contributed by atoms with Gasteiger partial charge in [-0.15, -0.1) is 0 Å². The van der Waals surface area contributed by atoms with Crippen molar-refractivity contribution in [2.24, 2.45) is 7.05 Å². The number of alkyl halides is 3. The van der Waals surface area contributed by atoms with Gasteiger partial charge in [-0.3, -0.25) is 9.48 Å². The van der Waals surface area contributed by atoms with Crippen molar-refractivity contribution in [2.75, 3.05) is 6.61 Å². The number of nitrogens with one attached hydrogen (secondary N) is 1. The van der Waals surface area contributed by atoms with Crippen LogP contribution in [0.25, 0.3) is 0 Å². The molecular weight excluding hydrogens is 311 g/mol. The maximum Gasteiger partial charge on any atom is 0.436 e. The highest BCUT2D eigenvalue weighted by atomic mass is 35.5. The highest BCUT2D eigenvalue weighted by molar-refractivity contribution is 6.34. The van der Waals surface area contributed by atoms with Gasteiger partial charge in [0.15, 0.2) is 5.69 Å². The van der Waals surface area contributed by atoms with Gasteiger partial charge >= 0.3 is 6.18 Å². The van der Waals surface area contributed by atoms with Gasteiger partial charge < -0.3 is 10.1 Å². The van der Waals surface area contributed by atoms with E-state index in [0.717, 1.165) is 17.5 Å². The molecule has 0 radical (unpaired) electrons. The largest absolute Gasteiger partial charge is 0.436 e. The van der Waals surface area contributed by atoms with E-state index in [1.807, 2.05) is 0 Å². The zero-order chi connectivity index (χ0) is 15.8.